The highest BCUT2D eigenvalue weighted by Gasteiger charge is 2.13. The summed E-state index contributed by atoms with van der Waals surface area (Å²) in [6.45, 7) is 11.0. The number of hydrogen-bond acceptors (Lipinski definition) is 2. The zero-order valence-electron chi connectivity index (χ0n) is 10.5. The third-order valence-electron chi connectivity index (χ3n) is 3.00. The van der Waals surface area contributed by atoms with E-state index in [0.717, 1.165) is 19.1 Å². The molecular weight excluding hydrogens is 174 g/mol. The van der Waals surface area contributed by atoms with E-state index in [0.29, 0.717) is 12.0 Å². The Balaban J connectivity index is 3.65. The van der Waals surface area contributed by atoms with Crippen LogP contribution in [0.1, 0.15) is 40.5 Å². The lowest BCUT2D eigenvalue weighted by Gasteiger charge is -2.24. The predicted molar refractivity (Wildman–Crippen MR) is 62.6 cm³/mol. The van der Waals surface area contributed by atoms with Crippen molar-refractivity contribution in [2.24, 2.45) is 11.8 Å². The maximum absolute atomic E-state index is 5.11. The molecule has 2 nitrogen and oxygen atoms in total. The summed E-state index contributed by atoms with van der Waals surface area (Å²) >= 11 is 0. The summed E-state index contributed by atoms with van der Waals surface area (Å²) in [6.07, 6.45) is 2.53. The summed E-state index contributed by atoms with van der Waals surface area (Å²) < 4.78 is 5.11. The first kappa shape index (κ1) is 13.9. The van der Waals surface area contributed by atoms with E-state index in [1.807, 2.05) is 0 Å². The van der Waals surface area contributed by atoms with Gasteiger partial charge in [0.05, 0.1) is 0 Å². The molecule has 2 unspecified atom stereocenters. The molecule has 0 aliphatic rings. The molecule has 2 atom stereocenters. The van der Waals surface area contributed by atoms with Gasteiger partial charge in [0, 0.05) is 26.3 Å². The molecule has 0 spiro atoms. The van der Waals surface area contributed by atoms with Gasteiger partial charge in [-0.15, -0.1) is 0 Å². The van der Waals surface area contributed by atoms with Crippen molar-refractivity contribution in [3.63, 3.8) is 0 Å². The molecule has 0 heterocycles. The summed E-state index contributed by atoms with van der Waals surface area (Å²) in [5, 5.41) is 3.59. The van der Waals surface area contributed by atoms with Crippen LogP contribution in [0.5, 0.6) is 0 Å². The minimum Gasteiger partial charge on any atom is -0.384 e. The molecular formula is C12H27NO. The molecule has 0 fully saturated rings. The highest BCUT2D eigenvalue weighted by atomic mass is 16.5. The molecule has 0 radical (unpaired) electrons. The second-order valence-corrected chi connectivity index (χ2v) is 4.33. The van der Waals surface area contributed by atoms with E-state index in [9.17, 15) is 0 Å². The van der Waals surface area contributed by atoms with Gasteiger partial charge in [0.15, 0.2) is 0 Å². The van der Waals surface area contributed by atoms with Crippen molar-refractivity contribution < 1.29 is 4.74 Å². The van der Waals surface area contributed by atoms with Crippen LogP contribution >= 0.6 is 0 Å². The van der Waals surface area contributed by atoms with Crippen molar-refractivity contribution >= 4 is 0 Å². The Labute approximate surface area is 89.4 Å². The molecule has 2 heteroatoms. The largest absolute Gasteiger partial charge is 0.384 e. The predicted octanol–water partition coefficient (Wildman–Crippen LogP) is 2.68. The lowest BCUT2D eigenvalue weighted by molar-refractivity contribution is 0.155. The molecule has 0 aliphatic heterocycles. The van der Waals surface area contributed by atoms with Crippen molar-refractivity contribution in [2.75, 3.05) is 20.3 Å². The van der Waals surface area contributed by atoms with Gasteiger partial charge in [-0.1, -0.05) is 33.6 Å². The Bertz CT molecular complexity index is 123. The minimum absolute atomic E-state index is 0.608. The highest BCUT2D eigenvalue weighted by molar-refractivity contribution is 4.71. The lowest BCUT2D eigenvalue weighted by atomic mass is 9.95. The quantitative estimate of drug-likeness (QED) is 0.652. The fourth-order valence-corrected chi connectivity index (χ4v) is 1.89. The van der Waals surface area contributed by atoms with E-state index in [1.54, 1.807) is 7.11 Å². The van der Waals surface area contributed by atoms with Gasteiger partial charge in [0.25, 0.3) is 0 Å². The topological polar surface area (TPSA) is 21.3 Å². The van der Waals surface area contributed by atoms with Crippen LogP contribution in [0.2, 0.25) is 0 Å². The van der Waals surface area contributed by atoms with Crippen molar-refractivity contribution in [3.05, 3.63) is 0 Å². The maximum atomic E-state index is 5.11. The molecule has 0 aromatic heterocycles. The van der Waals surface area contributed by atoms with Gasteiger partial charge in [-0.3, -0.25) is 0 Å². The Kier molecular flexibility index (Phi) is 8.20. The van der Waals surface area contributed by atoms with Gasteiger partial charge in [-0.2, -0.15) is 0 Å². The van der Waals surface area contributed by atoms with Gasteiger partial charge in [0.2, 0.25) is 0 Å². The molecule has 0 aromatic carbocycles. The van der Waals surface area contributed by atoms with Crippen molar-refractivity contribution in [1.82, 2.24) is 5.32 Å². The average molecular weight is 201 g/mol. The minimum atomic E-state index is 0.608. The van der Waals surface area contributed by atoms with E-state index in [1.165, 1.54) is 12.8 Å². The number of methoxy groups -OCH3 is 1. The summed E-state index contributed by atoms with van der Waals surface area (Å²) in [6, 6.07) is 0.629. The molecule has 0 aliphatic carbocycles. The Morgan fingerprint density at radius 2 is 1.71 bits per heavy atom. The summed E-state index contributed by atoms with van der Waals surface area (Å²) in [5.41, 5.74) is 0. The number of hydrogen-bond donors (Lipinski definition) is 1. The summed E-state index contributed by atoms with van der Waals surface area (Å²) in [7, 11) is 1.76. The van der Waals surface area contributed by atoms with Crippen molar-refractivity contribution in [2.45, 2.75) is 46.6 Å². The molecule has 0 aromatic rings. The van der Waals surface area contributed by atoms with Gasteiger partial charge < -0.3 is 10.1 Å². The highest BCUT2D eigenvalue weighted by Crippen LogP contribution is 2.12. The van der Waals surface area contributed by atoms with Crippen molar-refractivity contribution in [3.8, 4) is 0 Å². The Morgan fingerprint density at radius 3 is 2.14 bits per heavy atom. The molecule has 14 heavy (non-hydrogen) atoms. The summed E-state index contributed by atoms with van der Waals surface area (Å²) in [5.74, 6) is 1.42. The second kappa shape index (κ2) is 8.25. The third kappa shape index (κ3) is 5.61. The zero-order valence-corrected chi connectivity index (χ0v) is 10.5. The Morgan fingerprint density at radius 1 is 1.14 bits per heavy atom. The van der Waals surface area contributed by atoms with Crippen LogP contribution < -0.4 is 5.32 Å². The molecule has 0 saturated heterocycles. The molecule has 0 bridgehead atoms. The lowest BCUT2D eigenvalue weighted by Crippen LogP contribution is -2.36. The van der Waals surface area contributed by atoms with Gasteiger partial charge >= 0.3 is 0 Å². The van der Waals surface area contributed by atoms with Crippen LogP contribution in [0.15, 0.2) is 0 Å². The standard InChI is InChI=1S/C12H27NO/c1-6-12(7-2)11(4)13-8-10(3)9-14-5/h10-13H,6-9H2,1-5H3. The van der Waals surface area contributed by atoms with Crippen LogP contribution in [0, 0.1) is 11.8 Å². The van der Waals surface area contributed by atoms with E-state index in [4.69, 9.17) is 4.74 Å². The van der Waals surface area contributed by atoms with Crippen LogP contribution in [-0.2, 0) is 4.74 Å². The smallest absolute Gasteiger partial charge is 0.0499 e. The average Bonchev–Trinajstić information content (AvgIpc) is 2.17. The zero-order chi connectivity index (χ0) is 11.0. The summed E-state index contributed by atoms with van der Waals surface area (Å²) in [4.78, 5) is 0. The van der Waals surface area contributed by atoms with E-state index in [-0.39, 0.29) is 0 Å². The van der Waals surface area contributed by atoms with Crippen LogP contribution in [0.4, 0.5) is 0 Å². The number of ether oxygens (including phenoxy) is 1. The normalized spacial score (nSPS) is 15.9. The maximum Gasteiger partial charge on any atom is 0.0499 e. The molecule has 0 saturated carbocycles. The molecule has 1 N–H and O–H groups in total. The van der Waals surface area contributed by atoms with E-state index in [2.05, 4.69) is 33.0 Å². The first-order chi connectivity index (χ1) is 6.65. The van der Waals surface area contributed by atoms with Crippen LogP contribution in [-0.4, -0.2) is 26.3 Å². The first-order valence-electron chi connectivity index (χ1n) is 5.87. The Hall–Kier alpha value is -0.0800. The molecule has 0 amide bonds. The number of rotatable bonds is 8. The first-order valence-corrected chi connectivity index (χ1v) is 5.87. The van der Waals surface area contributed by atoms with E-state index < -0.39 is 0 Å². The fourth-order valence-electron chi connectivity index (χ4n) is 1.89. The number of nitrogens with one attached hydrogen (secondary N) is 1. The fraction of sp³-hybridized carbons (Fsp3) is 1.00. The van der Waals surface area contributed by atoms with Crippen LogP contribution in [0.25, 0.3) is 0 Å². The molecule has 86 valence electrons. The van der Waals surface area contributed by atoms with Crippen LogP contribution in [0.3, 0.4) is 0 Å². The second-order valence-electron chi connectivity index (χ2n) is 4.33. The van der Waals surface area contributed by atoms with Gasteiger partial charge in [-0.05, 0) is 18.8 Å². The third-order valence-corrected chi connectivity index (χ3v) is 3.00. The molecule has 0 rings (SSSR count). The monoisotopic (exact) mass is 201 g/mol. The van der Waals surface area contributed by atoms with E-state index >= 15 is 0 Å². The van der Waals surface area contributed by atoms with Gasteiger partial charge in [-0.25, -0.2) is 0 Å². The van der Waals surface area contributed by atoms with Gasteiger partial charge in [0.1, 0.15) is 0 Å². The SMILES string of the molecule is CCC(CC)C(C)NCC(C)COC. The van der Waals surface area contributed by atoms with Crippen molar-refractivity contribution in [1.29, 1.82) is 0 Å².